The molecular formula is C18H22ClFN4. The zero-order valence-electron chi connectivity index (χ0n) is 14.0. The molecule has 6 heteroatoms. The zero-order valence-corrected chi connectivity index (χ0v) is 14.8. The Morgan fingerprint density at radius 3 is 2.88 bits per heavy atom. The van der Waals surface area contributed by atoms with Crippen molar-refractivity contribution in [1.29, 1.82) is 0 Å². The van der Waals surface area contributed by atoms with Gasteiger partial charge in [0.1, 0.15) is 11.6 Å². The number of aromatic nitrogens is 2. The van der Waals surface area contributed by atoms with Gasteiger partial charge >= 0.3 is 0 Å². The molecule has 0 aliphatic carbocycles. The van der Waals surface area contributed by atoms with Gasteiger partial charge in [0.25, 0.3) is 0 Å². The van der Waals surface area contributed by atoms with Gasteiger partial charge in [-0.1, -0.05) is 18.5 Å². The maximum Gasteiger partial charge on any atom is 0.229 e. The second-order valence-corrected chi connectivity index (χ2v) is 6.60. The Bertz CT molecular complexity index is 722. The predicted molar refractivity (Wildman–Crippen MR) is 96.7 cm³/mol. The number of piperidine rings is 1. The fourth-order valence-corrected chi connectivity index (χ4v) is 3.37. The SMILES string of the molecule is CCC1CCCCN1c1cc(C)nc(Nc2ccc(F)c(Cl)c2)n1. The van der Waals surface area contributed by atoms with Crippen LogP contribution in [0.3, 0.4) is 0 Å². The van der Waals surface area contributed by atoms with Crippen LogP contribution >= 0.6 is 11.6 Å². The highest BCUT2D eigenvalue weighted by atomic mass is 35.5. The number of rotatable bonds is 4. The largest absolute Gasteiger partial charge is 0.353 e. The van der Waals surface area contributed by atoms with Gasteiger partial charge in [-0.25, -0.2) is 9.37 Å². The highest BCUT2D eigenvalue weighted by Gasteiger charge is 2.22. The van der Waals surface area contributed by atoms with Gasteiger partial charge in [-0.3, -0.25) is 0 Å². The Morgan fingerprint density at radius 2 is 2.12 bits per heavy atom. The van der Waals surface area contributed by atoms with Crippen LogP contribution in [0.2, 0.25) is 5.02 Å². The van der Waals surface area contributed by atoms with E-state index in [-0.39, 0.29) is 5.02 Å². The smallest absolute Gasteiger partial charge is 0.229 e. The quantitative estimate of drug-likeness (QED) is 0.835. The fourth-order valence-electron chi connectivity index (χ4n) is 3.18. The van der Waals surface area contributed by atoms with Crippen molar-refractivity contribution in [1.82, 2.24) is 9.97 Å². The summed E-state index contributed by atoms with van der Waals surface area (Å²) in [5.74, 6) is 1.02. The lowest BCUT2D eigenvalue weighted by Gasteiger charge is -2.36. The fraction of sp³-hybridized carbons (Fsp3) is 0.444. The lowest BCUT2D eigenvalue weighted by Crippen LogP contribution is -2.39. The zero-order chi connectivity index (χ0) is 17.1. The highest BCUT2D eigenvalue weighted by Crippen LogP contribution is 2.27. The summed E-state index contributed by atoms with van der Waals surface area (Å²) in [7, 11) is 0. The second-order valence-electron chi connectivity index (χ2n) is 6.20. The number of hydrogen-bond donors (Lipinski definition) is 1. The van der Waals surface area contributed by atoms with Crippen LogP contribution in [0.15, 0.2) is 24.3 Å². The molecule has 0 bridgehead atoms. The number of nitrogens with zero attached hydrogens (tertiary/aromatic N) is 3. The summed E-state index contributed by atoms with van der Waals surface area (Å²) in [5, 5.41) is 3.20. The van der Waals surface area contributed by atoms with Crippen LogP contribution in [0, 0.1) is 12.7 Å². The standard InChI is InChI=1S/C18H22ClFN4/c1-3-14-6-4-5-9-24(14)17-10-12(2)21-18(23-17)22-13-7-8-16(20)15(19)11-13/h7-8,10-11,14H,3-6,9H2,1-2H3,(H,21,22,23). The first-order valence-electron chi connectivity index (χ1n) is 8.41. The summed E-state index contributed by atoms with van der Waals surface area (Å²) in [6.07, 6.45) is 4.78. The van der Waals surface area contributed by atoms with Crippen molar-refractivity contribution in [3.05, 3.63) is 40.8 Å². The minimum atomic E-state index is -0.438. The Labute approximate surface area is 147 Å². The first-order chi connectivity index (χ1) is 11.6. The maximum atomic E-state index is 13.3. The normalized spacial score (nSPS) is 17.8. The van der Waals surface area contributed by atoms with Gasteiger partial charge < -0.3 is 10.2 Å². The van der Waals surface area contributed by atoms with Crippen LogP contribution in [0.5, 0.6) is 0 Å². The van der Waals surface area contributed by atoms with E-state index in [0.29, 0.717) is 17.7 Å². The molecule has 1 aromatic heterocycles. The van der Waals surface area contributed by atoms with Crippen LogP contribution in [0.25, 0.3) is 0 Å². The van der Waals surface area contributed by atoms with Crippen LogP contribution in [0.1, 0.15) is 38.3 Å². The molecule has 2 aromatic rings. The van der Waals surface area contributed by atoms with Crippen molar-refractivity contribution < 1.29 is 4.39 Å². The van der Waals surface area contributed by atoms with Crippen LogP contribution in [-0.4, -0.2) is 22.6 Å². The summed E-state index contributed by atoms with van der Waals surface area (Å²) in [6, 6.07) is 7.05. The van der Waals surface area contributed by atoms with Gasteiger partial charge in [0, 0.05) is 30.0 Å². The molecular weight excluding hydrogens is 327 g/mol. The molecule has 1 aliphatic heterocycles. The topological polar surface area (TPSA) is 41.1 Å². The second kappa shape index (κ2) is 7.34. The van der Waals surface area contributed by atoms with E-state index in [0.717, 1.165) is 24.5 Å². The number of hydrogen-bond acceptors (Lipinski definition) is 4. The van der Waals surface area contributed by atoms with Gasteiger partial charge in [0.2, 0.25) is 5.95 Å². The molecule has 0 saturated carbocycles. The van der Waals surface area contributed by atoms with E-state index in [1.807, 2.05) is 13.0 Å². The average Bonchev–Trinajstić information content (AvgIpc) is 2.57. The molecule has 0 amide bonds. The van der Waals surface area contributed by atoms with Crippen LogP contribution < -0.4 is 10.2 Å². The van der Waals surface area contributed by atoms with Gasteiger partial charge in [0.05, 0.1) is 5.02 Å². The Kier molecular flexibility index (Phi) is 5.19. The van der Waals surface area contributed by atoms with Crippen molar-refractivity contribution in [2.75, 3.05) is 16.8 Å². The number of halogens is 2. The monoisotopic (exact) mass is 348 g/mol. The lowest BCUT2D eigenvalue weighted by molar-refractivity contribution is 0.446. The van der Waals surface area contributed by atoms with E-state index in [1.165, 1.54) is 31.4 Å². The van der Waals surface area contributed by atoms with Crippen LogP contribution in [-0.2, 0) is 0 Å². The molecule has 1 saturated heterocycles. The van der Waals surface area contributed by atoms with Crippen molar-refractivity contribution >= 4 is 29.1 Å². The minimum absolute atomic E-state index is 0.0787. The molecule has 1 N–H and O–H groups in total. The molecule has 24 heavy (non-hydrogen) atoms. The molecule has 3 rings (SSSR count). The molecule has 1 fully saturated rings. The number of anilines is 3. The summed E-state index contributed by atoms with van der Waals surface area (Å²) in [5.41, 5.74) is 1.57. The molecule has 1 aliphatic rings. The summed E-state index contributed by atoms with van der Waals surface area (Å²) in [6.45, 7) is 5.20. The van der Waals surface area contributed by atoms with Crippen molar-refractivity contribution in [2.24, 2.45) is 0 Å². The molecule has 2 heterocycles. The molecule has 1 unspecified atom stereocenters. The molecule has 1 atom stereocenters. The third kappa shape index (κ3) is 3.78. The Morgan fingerprint density at radius 1 is 1.29 bits per heavy atom. The lowest BCUT2D eigenvalue weighted by atomic mass is 10.00. The third-order valence-electron chi connectivity index (χ3n) is 4.41. The van der Waals surface area contributed by atoms with Gasteiger partial charge in [-0.05, 0) is 50.8 Å². The minimum Gasteiger partial charge on any atom is -0.353 e. The number of nitrogens with one attached hydrogen (secondary N) is 1. The van der Waals surface area contributed by atoms with E-state index in [4.69, 9.17) is 11.6 Å². The van der Waals surface area contributed by atoms with Gasteiger partial charge in [-0.2, -0.15) is 4.98 Å². The average molecular weight is 349 g/mol. The van der Waals surface area contributed by atoms with E-state index < -0.39 is 5.82 Å². The molecule has 128 valence electrons. The van der Waals surface area contributed by atoms with E-state index in [9.17, 15) is 4.39 Å². The first kappa shape index (κ1) is 17.0. The number of benzene rings is 1. The molecule has 0 radical (unpaired) electrons. The van der Waals surface area contributed by atoms with E-state index in [1.54, 1.807) is 6.07 Å². The van der Waals surface area contributed by atoms with Crippen molar-refractivity contribution in [2.45, 2.75) is 45.6 Å². The van der Waals surface area contributed by atoms with E-state index >= 15 is 0 Å². The van der Waals surface area contributed by atoms with Gasteiger partial charge in [0.15, 0.2) is 0 Å². The predicted octanol–water partition coefficient (Wildman–Crippen LogP) is 5.09. The Balaban J connectivity index is 1.86. The number of aryl methyl sites for hydroxylation is 1. The molecule has 1 aromatic carbocycles. The first-order valence-corrected chi connectivity index (χ1v) is 8.79. The van der Waals surface area contributed by atoms with Crippen molar-refractivity contribution in [3.63, 3.8) is 0 Å². The molecule has 0 spiro atoms. The Hall–Kier alpha value is -1.88. The van der Waals surface area contributed by atoms with Crippen molar-refractivity contribution in [3.8, 4) is 0 Å². The highest BCUT2D eigenvalue weighted by molar-refractivity contribution is 6.31. The molecule has 4 nitrogen and oxygen atoms in total. The summed E-state index contributed by atoms with van der Waals surface area (Å²) < 4.78 is 13.3. The summed E-state index contributed by atoms with van der Waals surface area (Å²) >= 11 is 5.84. The maximum absolute atomic E-state index is 13.3. The van der Waals surface area contributed by atoms with E-state index in [2.05, 4.69) is 27.1 Å². The third-order valence-corrected chi connectivity index (χ3v) is 4.70. The van der Waals surface area contributed by atoms with Crippen LogP contribution in [0.4, 0.5) is 21.8 Å². The van der Waals surface area contributed by atoms with Gasteiger partial charge in [-0.15, -0.1) is 0 Å². The summed E-state index contributed by atoms with van der Waals surface area (Å²) in [4.78, 5) is 11.5.